The predicted molar refractivity (Wildman–Crippen MR) is 116 cm³/mol. The van der Waals surface area contributed by atoms with E-state index in [1.165, 1.54) is 22.9 Å². The van der Waals surface area contributed by atoms with Crippen LogP contribution in [0.1, 0.15) is 18.1 Å². The lowest BCUT2D eigenvalue weighted by atomic mass is 10.1. The van der Waals surface area contributed by atoms with Crippen LogP contribution in [0.25, 0.3) is 0 Å². The number of hydrogen-bond acceptors (Lipinski definition) is 3. The number of guanidine groups is 1. The van der Waals surface area contributed by atoms with Crippen molar-refractivity contribution in [2.24, 2.45) is 4.99 Å². The van der Waals surface area contributed by atoms with Crippen LogP contribution >= 0.6 is 11.8 Å². The molecule has 5 nitrogen and oxygen atoms in total. The summed E-state index contributed by atoms with van der Waals surface area (Å²) >= 11 is 1.75. The lowest BCUT2D eigenvalue weighted by Crippen LogP contribution is -2.39. The number of amides is 1. The Kier molecular flexibility index (Phi) is 8.20. The molecule has 2 rings (SSSR count). The van der Waals surface area contributed by atoms with Gasteiger partial charge in [0.1, 0.15) is 0 Å². The molecule has 0 aliphatic carbocycles. The average Bonchev–Trinajstić information content (AvgIpc) is 2.66. The second-order valence-electron chi connectivity index (χ2n) is 6.31. The summed E-state index contributed by atoms with van der Waals surface area (Å²) in [7, 11) is 3.85. The zero-order valence-corrected chi connectivity index (χ0v) is 17.3. The highest BCUT2D eigenvalue weighted by molar-refractivity contribution is 7.98. The number of rotatable bonds is 7. The summed E-state index contributed by atoms with van der Waals surface area (Å²) in [6.45, 7) is 3.11. The molecule has 0 unspecified atom stereocenters. The molecule has 0 saturated carbocycles. The molecule has 0 atom stereocenters. The van der Waals surface area contributed by atoms with E-state index in [2.05, 4.69) is 51.0 Å². The van der Waals surface area contributed by atoms with Crippen LogP contribution in [0.5, 0.6) is 0 Å². The fraction of sp³-hybridized carbons (Fsp3) is 0.333. The van der Waals surface area contributed by atoms with Crippen molar-refractivity contribution in [2.45, 2.75) is 24.8 Å². The molecule has 2 aromatic carbocycles. The highest BCUT2D eigenvalue weighted by Gasteiger charge is 2.06. The van der Waals surface area contributed by atoms with Gasteiger partial charge in [-0.15, -0.1) is 11.8 Å². The van der Waals surface area contributed by atoms with Crippen molar-refractivity contribution < 1.29 is 4.79 Å². The molecule has 0 aliphatic rings. The van der Waals surface area contributed by atoms with Gasteiger partial charge < -0.3 is 15.5 Å². The van der Waals surface area contributed by atoms with Crippen LogP contribution in [0, 0.1) is 0 Å². The Morgan fingerprint density at radius 3 is 2.26 bits per heavy atom. The van der Waals surface area contributed by atoms with Gasteiger partial charge in [0, 0.05) is 44.7 Å². The number of carbonyl (C=O) groups is 1. The van der Waals surface area contributed by atoms with Gasteiger partial charge in [-0.1, -0.05) is 24.3 Å². The first-order valence-corrected chi connectivity index (χ1v) is 10.2. The molecule has 2 aromatic rings. The summed E-state index contributed by atoms with van der Waals surface area (Å²) in [5.41, 5.74) is 3.29. The van der Waals surface area contributed by atoms with E-state index in [1.54, 1.807) is 18.8 Å². The monoisotopic (exact) mass is 384 g/mol. The number of nitrogens with one attached hydrogen (secondary N) is 2. The van der Waals surface area contributed by atoms with Gasteiger partial charge in [0.05, 0.1) is 0 Å². The molecule has 0 aromatic heterocycles. The summed E-state index contributed by atoms with van der Waals surface area (Å²) in [6, 6.07) is 16.5. The fourth-order valence-electron chi connectivity index (χ4n) is 2.74. The number of aliphatic imine (C=N–C) groups is 1. The molecule has 0 bridgehead atoms. The van der Waals surface area contributed by atoms with Crippen molar-refractivity contribution in [1.29, 1.82) is 0 Å². The lowest BCUT2D eigenvalue weighted by Gasteiger charge is -2.22. The van der Waals surface area contributed by atoms with Crippen molar-refractivity contribution in [3.63, 3.8) is 0 Å². The van der Waals surface area contributed by atoms with Gasteiger partial charge >= 0.3 is 0 Å². The zero-order valence-electron chi connectivity index (χ0n) is 16.5. The summed E-state index contributed by atoms with van der Waals surface area (Å²) in [5.74, 6) is 0.818. The summed E-state index contributed by atoms with van der Waals surface area (Å²) < 4.78 is 0. The van der Waals surface area contributed by atoms with E-state index < -0.39 is 0 Å². The van der Waals surface area contributed by atoms with Gasteiger partial charge in [-0.2, -0.15) is 0 Å². The molecule has 0 radical (unpaired) electrons. The first kappa shape index (κ1) is 20.8. The van der Waals surface area contributed by atoms with Gasteiger partial charge in [-0.05, 0) is 48.1 Å². The topological polar surface area (TPSA) is 56.7 Å². The molecule has 0 aliphatic heterocycles. The van der Waals surface area contributed by atoms with Gasteiger partial charge in [-0.25, -0.2) is 0 Å². The van der Waals surface area contributed by atoms with Crippen molar-refractivity contribution in [1.82, 2.24) is 10.2 Å². The highest BCUT2D eigenvalue weighted by atomic mass is 32.2. The Hall–Kier alpha value is -2.47. The summed E-state index contributed by atoms with van der Waals surface area (Å²) in [6.07, 6.45) is 2.97. The second kappa shape index (κ2) is 10.6. The van der Waals surface area contributed by atoms with E-state index in [4.69, 9.17) is 0 Å². The first-order valence-electron chi connectivity index (χ1n) is 8.93. The molecule has 0 fully saturated rings. The maximum absolute atomic E-state index is 11.1. The normalized spacial score (nSPS) is 11.2. The van der Waals surface area contributed by atoms with E-state index in [0.29, 0.717) is 0 Å². The third-order valence-corrected chi connectivity index (χ3v) is 4.87. The Morgan fingerprint density at radius 2 is 1.70 bits per heavy atom. The number of nitrogens with zero attached hydrogens (tertiary/aromatic N) is 2. The van der Waals surface area contributed by atoms with Crippen LogP contribution in [-0.2, 0) is 17.8 Å². The van der Waals surface area contributed by atoms with Crippen LogP contribution in [0.15, 0.2) is 58.4 Å². The molecule has 0 heterocycles. The van der Waals surface area contributed by atoms with Crippen molar-refractivity contribution >= 4 is 29.3 Å². The molecule has 0 saturated heterocycles. The third kappa shape index (κ3) is 6.98. The van der Waals surface area contributed by atoms with Crippen LogP contribution in [-0.4, -0.2) is 43.7 Å². The number of anilines is 1. The average molecular weight is 385 g/mol. The smallest absolute Gasteiger partial charge is 0.221 e. The SMILES string of the molecule is CN=C(NCCc1ccc(NC(C)=O)cc1)N(C)Cc1ccc(SC)cc1. The molecular formula is C21H28N4OS. The van der Waals surface area contributed by atoms with Crippen molar-refractivity contribution in [3.05, 3.63) is 59.7 Å². The quantitative estimate of drug-likeness (QED) is 0.435. The van der Waals surface area contributed by atoms with E-state index in [9.17, 15) is 4.79 Å². The molecule has 144 valence electrons. The zero-order chi connectivity index (χ0) is 19.6. The minimum absolute atomic E-state index is 0.0562. The maximum atomic E-state index is 11.1. The Balaban J connectivity index is 1.82. The summed E-state index contributed by atoms with van der Waals surface area (Å²) in [5, 5.41) is 6.19. The standard InChI is InChI=1S/C21H28N4OS/c1-16(26)24-19-9-5-17(6-10-19)13-14-23-21(22-2)25(3)15-18-7-11-20(27-4)12-8-18/h5-12H,13-15H2,1-4H3,(H,22,23)(H,24,26). The molecule has 1 amide bonds. The molecule has 6 heteroatoms. The van der Waals surface area contributed by atoms with Crippen LogP contribution in [0.3, 0.4) is 0 Å². The second-order valence-corrected chi connectivity index (χ2v) is 7.19. The highest BCUT2D eigenvalue weighted by Crippen LogP contribution is 2.15. The van der Waals surface area contributed by atoms with Gasteiger partial charge in [0.15, 0.2) is 5.96 Å². The molecule has 2 N–H and O–H groups in total. The fourth-order valence-corrected chi connectivity index (χ4v) is 3.15. The van der Waals surface area contributed by atoms with Gasteiger partial charge in [-0.3, -0.25) is 9.79 Å². The van der Waals surface area contributed by atoms with Gasteiger partial charge in [0.25, 0.3) is 0 Å². The van der Waals surface area contributed by atoms with Crippen LogP contribution in [0.2, 0.25) is 0 Å². The van der Waals surface area contributed by atoms with Gasteiger partial charge in [0.2, 0.25) is 5.91 Å². The molecule has 0 spiro atoms. The van der Waals surface area contributed by atoms with Crippen molar-refractivity contribution in [2.75, 3.05) is 32.2 Å². The van der Waals surface area contributed by atoms with Crippen molar-refractivity contribution in [3.8, 4) is 0 Å². The minimum Gasteiger partial charge on any atom is -0.356 e. The number of thioether (sulfide) groups is 1. The van der Waals surface area contributed by atoms with E-state index in [-0.39, 0.29) is 5.91 Å². The number of hydrogen-bond donors (Lipinski definition) is 2. The minimum atomic E-state index is -0.0562. The van der Waals surface area contributed by atoms with E-state index >= 15 is 0 Å². The largest absolute Gasteiger partial charge is 0.356 e. The van der Waals surface area contributed by atoms with Crippen LogP contribution in [0.4, 0.5) is 5.69 Å². The first-order chi connectivity index (χ1) is 13.0. The Bertz CT molecular complexity index is 757. The lowest BCUT2D eigenvalue weighted by molar-refractivity contribution is -0.114. The molecule has 27 heavy (non-hydrogen) atoms. The summed E-state index contributed by atoms with van der Waals surface area (Å²) in [4.78, 5) is 18.8. The predicted octanol–water partition coefficient (Wildman–Crippen LogP) is 3.62. The third-order valence-electron chi connectivity index (χ3n) is 4.12. The van der Waals surface area contributed by atoms with E-state index in [1.807, 2.05) is 31.3 Å². The Morgan fingerprint density at radius 1 is 1.07 bits per heavy atom. The maximum Gasteiger partial charge on any atom is 0.221 e. The van der Waals surface area contributed by atoms with E-state index in [0.717, 1.165) is 31.2 Å². The molecular weight excluding hydrogens is 356 g/mol. The Labute approximate surface area is 166 Å². The number of carbonyl (C=O) groups excluding carboxylic acids is 1. The van der Waals surface area contributed by atoms with Crippen LogP contribution < -0.4 is 10.6 Å². The number of benzene rings is 2.